The number of thioether (sulfide) groups is 1. The maximum atomic E-state index is 12.8. The predicted molar refractivity (Wildman–Crippen MR) is 119 cm³/mol. The molecule has 3 heterocycles. The van der Waals surface area contributed by atoms with Gasteiger partial charge in [0.1, 0.15) is 24.2 Å². The Bertz CT molecular complexity index is 1030. The minimum Gasteiger partial charge on any atom is -0.543 e. The molecule has 32 heavy (non-hydrogen) atoms. The average molecular weight is 481 g/mol. The summed E-state index contributed by atoms with van der Waals surface area (Å²) < 4.78 is 0.674. The Morgan fingerprint density at radius 1 is 1.47 bits per heavy atom. The standard InChI is InChI=1S/C19H24N6O5S2/c1-25(2,3)7-5-6-10-8-31-17-13(16(27)24(17)14(10)18(28)29)22-15(26)12(23-30-4)11-9-32-19(20)21-11/h5-6,9,13,17H,7-8H2,1-4H3,(H3-,20,21,22,26,28,29)/b6-5+,23-12-/t13?,17-/m0/s1. The van der Waals surface area contributed by atoms with Gasteiger partial charge >= 0.3 is 0 Å². The van der Waals surface area contributed by atoms with Crippen LogP contribution in [0.1, 0.15) is 5.69 Å². The average Bonchev–Trinajstić information content (AvgIpc) is 3.14. The fourth-order valence-corrected chi connectivity index (χ4v) is 5.04. The van der Waals surface area contributed by atoms with Crippen molar-refractivity contribution in [3.05, 3.63) is 34.5 Å². The van der Waals surface area contributed by atoms with Crippen molar-refractivity contribution in [1.82, 2.24) is 15.2 Å². The Kier molecular flexibility index (Phi) is 6.91. The lowest BCUT2D eigenvalue weighted by Gasteiger charge is -2.50. The lowest BCUT2D eigenvalue weighted by atomic mass is 10.0. The van der Waals surface area contributed by atoms with E-state index in [9.17, 15) is 19.5 Å². The fourth-order valence-electron chi connectivity index (χ4n) is 3.17. The van der Waals surface area contributed by atoms with Crippen molar-refractivity contribution in [2.75, 3.05) is 46.3 Å². The molecule has 2 atom stereocenters. The third-order valence-electron chi connectivity index (χ3n) is 4.61. The molecular formula is C19H24N6O5S2. The first kappa shape index (κ1) is 23.8. The van der Waals surface area contributed by atoms with Crippen molar-refractivity contribution in [3.63, 3.8) is 0 Å². The third-order valence-corrected chi connectivity index (χ3v) is 6.59. The maximum Gasteiger partial charge on any atom is 0.276 e. The molecule has 0 spiro atoms. The van der Waals surface area contributed by atoms with Gasteiger partial charge in [-0.1, -0.05) is 11.2 Å². The number of aromatic nitrogens is 1. The second kappa shape index (κ2) is 9.30. The van der Waals surface area contributed by atoms with Crippen LogP contribution < -0.4 is 16.2 Å². The smallest absolute Gasteiger partial charge is 0.276 e. The van der Waals surface area contributed by atoms with Gasteiger partial charge in [-0.15, -0.1) is 23.1 Å². The molecule has 3 rings (SSSR count). The molecule has 0 aromatic carbocycles. The Morgan fingerprint density at radius 2 is 2.19 bits per heavy atom. The van der Waals surface area contributed by atoms with E-state index in [4.69, 9.17) is 10.6 Å². The number of oxime groups is 1. The summed E-state index contributed by atoms with van der Waals surface area (Å²) >= 11 is 2.49. The highest BCUT2D eigenvalue weighted by Gasteiger charge is 2.53. The van der Waals surface area contributed by atoms with Gasteiger partial charge in [0.15, 0.2) is 10.8 Å². The Hall–Kier alpha value is -2.90. The maximum absolute atomic E-state index is 12.8. The molecule has 2 aliphatic heterocycles. The summed E-state index contributed by atoms with van der Waals surface area (Å²) in [5, 5.41) is 19.3. The number of rotatable bonds is 8. The van der Waals surface area contributed by atoms with E-state index in [1.54, 1.807) is 11.5 Å². The highest BCUT2D eigenvalue weighted by atomic mass is 32.2. The van der Waals surface area contributed by atoms with Gasteiger partial charge in [0.25, 0.3) is 11.8 Å². The van der Waals surface area contributed by atoms with Crippen LogP contribution in [0.4, 0.5) is 5.13 Å². The third kappa shape index (κ3) is 4.95. The van der Waals surface area contributed by atoms with Crippen LogP contribution in [-0.4, -0.2) is 89.8 Å². The van der Waals surface area contributed by atoms with E-state index >= 15 is 0 Å². The quantitative estimate of drug-likeness (QED) is 0.203. The number of allylic oxidation sites excluding steroid dienone is 1. The van der Waals surface area contributed by atoms with Crippen molar-refractivity contribution in [2.45, 2.75) is 11.4 Å². The van der Waals surface area contributed by atoms with Gasteiger partial charge < -0.3 is 30.3 Å². The molecule has 11 nitrogen and oxygen atoms in total. The van der Waals surface area contributed by atoms with Crippen LogP contribution in [0.2, 0.25) is 0 Å². The van der Waals surface area contributed by atoms with Gasteiger partial charge in [0.2, 0.25) is 0 Å². The SMILES string of the molecule is CO/N=C(\C(=O)NC1C(=O)N2C(C(=O)[O-])=C(/C=C/C[N+](C)(C)C)CS[C@@H]12)c1csc(N)n1. The normalized spacial score (nSPS) is 21.4. The Labute approximate surface area is 193 Å². The molecule has 2 amide bonds. The molecule has 172 valence electrons. The predicted octanol–water partition coefficient (Wildman–Crippen LogP) is -1.26. The lowest BCUT2D eigenvalue weighted by Crippen LogP contribution is -2.71. The zero-order valence-electron chi connectivity index (χ0n) is 18.0. The second-order valence-corrected chi connectivity index (χ2v) is 10.1. The van der Waals surface area contributed by atoms with Gasteiger partial charge in [-0.3, -0.25) is 14.5 Å². The molecule has 13 heteroatoms. The number of thiazole rings is 1. The highest BCUT2D eigenvalue weighted by molar-refractivity contribution is 8.00. The van der Waals surface area contributed by atoms with Gasteiger partial charge in [0, 0.05) is 11.1 Å². The van der Waals surface area contributed by atoms with Crippen molar-refractivity contribution in [2.24, 2.45) is 5.16 Å². The molecule has 0 aliphatic carbocycles. The van der Waals surface area contributed by atoms with Crippen LogP contribution in [0, 0.1) is 0 Å². The number of quaternary nitrogens is 1. The van der Waals surface area contributed by atoms with Crippen molar-refractivity contribution in [3.8, 4) is 0 Å². The van der Waals surface area contributed by atoms with E-state index in [1.165, 1.54) is 18.9 Å². The van der Waals surface area contributed by atoms with Crippen LogP contribution in [0.3, 0.4) is 0 Å². The van der Waals surface area contributed by atoms with Gasteiger partial charge in [0.05, 0.1) is 39.4 Å². The number of hydrogen-bond donors (Lipinski definition) is 2. The Morgan fingerprint density at radius 3 is 2.75 bits per heavy atom. The number of anilines is 1. The number of nitrogens with two attached hydrogens (primary N) is 1. The first-order valence-corrected chi connectivity index (χ1v) is 11.5. The van der Waals surface area contributed by atoms with Crippen LogP contribution in [-0.2, 0) is 19.2 Å². The largest absolute Gasteiger partial charge is 0.543 e. The molecule has 1 unspecified atom stereocenters. The number of β-lactam (4-membered cyclic amide) rings is 1. The van der Waals surface area contributed by atoms with Crippen LogP contribution in [0.15, 0.2) is 34.0 Å². The zero-order chi connectivity index (χ0) is 23.6. The Balaban J connectivity index is 1.78. The fraction of sp³-hybridized carbons (Fsp3) is 0.421. The number of carboxylic acids is 1. The van der Waals surface area contributed by atoms with E-state index in [-0.39, 0.29) is 22.2 Å². The molecule has 1 aromatic rings. The number of nitrogens with one attached hydrogen (secondary N) is 1. The summed E-state index contributed by atoms with van der Waals surface area (Å²) in [4.78, 5) is 47.3. The number of nitrogen functional groups attached to an aromatic ring is 1. The number of hydrogen-bond acceptors (Lipinski definition) is 10. The van der Waals surface area contributed by atoms with Crippen LogP contribution in [0.25, 0.3) is 0 Å². The summed E-state index contributed by atoms with van der Waals surface area (Å²) in [6.07, 6.45) is 3.59. The van der Waals surface area contributed by atoms with E-state index < -0.39 is 29.2 Å². The molecule has 0 bridgehead atoms. The first-order chi connectivity index (χ1) is 15.0. The summed E-state index contributed by atoms with van der Waals surface area (Å²) in [6.45, 7) is 0.688. The number of fused-ring (bicyclic) bond motifs is 1. The number of amides is 2. The number of nitrogens with zero attached hydrogens (tertiary/aromatic N) is 4. The van der Waals surface area contributed by atoms with E-state index in [0.29, 0.717) is 22.4 Å². The van der Waals surface area contributed by atoms with E-state index in [2.05, 4.69) is 15.5 Å². The van der Waals surface area contributed by atoms with E-state index in [1.807, 2.05) is 27.2 Å². The summed E-state index contributed by atoms with van der Waals surface area (Å²) in [5.41, 5.74) is 6.03. The molecule has 1 fully saturated rings. The van der Waals surface area contributed by atoms with Crippen LogP contribution in [0.5, 0.6) is 0 Å². The number of carbonyl (C=O) groups excluding carboxylic acids is 3. The van der Waals surface area contributed by atoms with Crippen molar-refractivity contribution >= 4 is 51.7 Å². The minimum absolute atomic E-state index is 0.132. The number of likely N-dealkylation sites (N-methyl/N-ethyl adjacent to an activating group) is 1. The van der Waals surface area contributed by atoms with Crippen molar-refractivity contribution in [1.29, 1.82) is 0 Å². The molecule has 0 radical (unpaired) electrons. The molecule has 3 N–H and O–H groups in total. The zero-order valence-corrected chi connectivity index (χ0v) is 19.7. The molecule has 0 saturated carbocycles. The lowest BCUT2D eigenvalue weighted by molar-refractivity contribution is -0.864. The summed E-state index contributed by atoms with van der Waals surface area (Å²) in [5.74, 6) is -2.29. The molecule has 2 aliphatic rings. The molecule has 1 saturated heterocycles. The number of carboxylic acid groups (broad SMARTS) is 1. The van der Waals surface area contributed by atoms with Crippen molar-refractivity contribution < 1.29 is 28.8 Å². The van der Waals surface area contributed by atoms with Gasteiger partial charge in [-0.25, -0.2) is 4.98 Å². The number of aliphatic carboxylic acids is 1. The summed E-state index contributed by atoms with van der Waals surface area (Å²) in [6, 6.07) is -0.920. The number of carbonyl (C=O) groups is 3. The second-order valence-electron chi connectivity index (χ2n) is 8.09. The van der Waals surface area contributed by atoms with E-state index in [0.717, 1.165) is 16.2 Å². The summed E-state index contributed by atoms with van der Waals surface area (Å²) in [7, 11) is 7.31. The minimum atomic E-state index is -1.43. The topological polar surface area (TPSA) is 150 Å². The van der Waals surface area contributed by atoms with Gasteiger partial charge in [-0.05, 0) is 11.6 Å². The monoisotopic (exact) mass is 480 g/mol. The highest BCUT2D eigenvalue weighted by Crippen LogP contribution is 2.40. The first-order valence-electron chi connectivity index (χ1n) is 9.53. The molecular weight excluding hydrogens is 456 g/mol. The van der Waals surface area contributed by atoms with Gasteiger partial charge in [-0.2, -0.15) is 0 Å². The van der Waals surface area contributed by atoms with Crippen LogP contribution >= 0.6 is 23.1 Å². The molecule has 1 aromatic heterocycles.